The number of carbonyl (C=O) groups is 1. The Morgan fingerprint density at radius 1 is 1.12 bits per heavy atom. The largest absolute Gasteiger partial charge is 0.481 e. The first kappa shape index (κ1) is 11.9. The minimum Gasteiger partial charge on any atom is -0.481 e. The van der Waals surface area contributed by atoms with Crippen molar-refractivity contribution in [2.24, 2.45) is 5.92 Å². The summed E-state index contributed by atoms with van der Waals surface area (Å²) < 4.78 is 0. The van der Waals surface area contributed by atoms with Gasteiger partial charge in [-0.3, -0.25) is 9.69 Å². The Bertz CT molecular complexity index is 230. The average Bonchev–Trinajstić information content (AvgIpc) is 2.40. The molecule has 0 spiro atoms. The Kier molecular flexibility index (Phi) is 4.22. The molecule has 2 aliphatic rings. The third-order valence-electron chi connectivity index (χ3n) is 4.19. The van der Waals surface area contributed by atoms with Gasteiger partial charge in [-0.05, 0) is 44.7 Å². The van der Waals surface area contributed by atoms with E-state index in [-0.39, 0.29) is 0 Å². The molecule has 92 valence electrons. The van der Waals surface area contributed by atoms with Crippen molar-refractivity contribution < 1.29 is 9.90 Å². The molecule has 1 heterocycles. The number of aliphatic carboxylic acids is 1. The van der Waals surface area contributed by atoms with Gasteiger partial charge in [-0.15, -0.1) is 0 Å². The summed E-state index contributed by atoms with van der Waals surface area (Å²) in [6.45, 7) is 2.24. The fourth-order valence-corrected chi connectivity index (χ4v) is 3.02. The zero-order chi connectivity index (χ0) is 11.4. The Hall–Kier alpha value is -0.570. The van der Waals surface area contributed by atoms with Crippen LogP contribution in [-0.2, 0) is 4.79 Å². The first-order valence-electron chi connectivity index (χ1n) is 6.73. The van der Waals surface area contributed by atoms with E-state index in [0.29, 0.717) is 18.4 Å². The summed E-state index contributed by atoms with van der Waals surface area (Å²) in [4.78, 5) is 13.4. The van der Waals surface area contributed by atoms with Crippen LogP contribution >= 0.6 is 0 Å². The molecule has 3 nitrogen and oxygen atoms in total. The maximum absolute atomic E-state index is 11.0. The fourth-order valence-electron chi connectivity index (χ4n) is 3.02. The van der Waals surface area contributed by atoms with Crippen molar-refractivity contribution in [1.29, 1.82) is 0 Å². The van der Waals surface area contributed by atoms with Crippen molar-refractivity contribution >= 4 is 5.97 Å². The molecular weight excluding hydrogens is 202 g/mol. The van der Waals surface area contributed by atoms with E-state index in [4.69, 9.17) is 5.11 Å². The second kappa shape index (κ2) is 5.67. The topological polar surface area (TPSA) is 40.5 Å². The molecule has 3 heteroatoms. The predicted octanol–water partition coefficient (Wildman–Crippen LogP) is 2.51. The normalized spacial score (nSPS) is 25.8. The molecule has 2 fully saturated rings. The van der Waals surface area contributed by atoms with Crippen LogP contribution in [0.2, 0.25) is 0 Å². The monoisotopic (exact) mass is 225 g/mol. The number of likely N-dealkylation sites (tertiary alicyclic amines) is 1. The lowest BCUT2D eigenvalue weighted by atomic mass is 9.77. The quantitative estimate of drug-likeness (QED) is 0.799. The lowest BCUT2D eigenvalue weighted by Crippen LogP contribution is -2.45. The van der Waals surface area contributed by atoms with Gasteiger partial charge in [0.05, 0.1) is 6.42 Å². The SMILES string of the molecule is O=C(O)CC(C1CCC1)N1CCCCCC1. The van der Waals surface area contributed by atoms with Crippen LogP contribution in [0.5, 0.6) is 0 Å². The van der Waals surface area contributed by atoms with Crippen molar-refractivity contribution in [1.82, 2.24) is 4.90 Å². The first-order valence-corrected chi connectivity index (χ1v) is 6.73. The van der Waals surface area contributed by atoms with E-state index in [1.165, 1.54) is 44.9 Å². The molecule has 0 radical (unpaired) electrons. The van der Waals surface area contributed by atoms with Gasteiger partial charge in [0.25, 0.3) is 0 Å². The number of nitrogens with zero attached hydrogens (tertiary/aromatic N) is 1. The summed E-state index contributed by atoms with van der Waals surface area (Å²) >= 11 is 0. The number of carboxylic acid groups (broad SMARTS) is 1. The number of hydrogen-bond acceptors (Lipinski definition) is 2. The lowest BCUT2D eigenvalue weighted by Gasteiger charge is -2.40. The van der Waals surface area contributed by atoms with Crippen LogP contribution in [0.1, 0.15) is 51.4 Å². The molecule has 1 N–H and O–H groups in total. The summed E-state index contributed by atoms with van der Waals surface area (Å²) in [5.74, 6) is 0.0374. The summed E-state index contributed by atoms with van der Waals surface area (Å²) in [5, 5.41) is 9.03. The van der Waals surface area contributed by atoms with Crippen LogP contribution in [0.3, 0.4) is 0 Å². The van der Waals surface area contributed by atoms with Crippen LogP contribution in [0.4, 0.5) is 0 Å². The molecule has 1 saturated heterocycles. The fraction of sp³-hybridized carbons (Fsp3) is 0.923. The molecule has 1 unspecified atom stereocenters. The highest BCUT2D eigenvalue weighted by atomic mass is 16.4. The molecule has 1 saturated carbocycles. The molecule has 0 aromatic heterocycles. The van der Waals surface area contributed by atoms with Crippen molar-refractivity contribution in [3.8, 4) is 0 Å². The lowest BCUT2D eigenvalue weighted by molar-refractivity contribution is -0.139. The van der Waals surface area contributed by atoms with Crippen LogP contribution < -0.4 is 0 Å². The minimum absolute atomic E-state index is 0.323. The molecule has 0 aromatic rings. The number of carboxylic acids is 1. The number of hydrogen-bond donors (Lipinski definition) is 1. The average molecular weight is 225 g/mol. The van der Waals surface area contributed by atoms with E-state index in [1.54, 1.807) is 0 Å². The van der Waals surface area contributed by atoms with Gasteiger partial charge in [0.2, 0.25) is 0 Å². The highest BCUT2D eigenvalue weighted by molar-refractivity contribution is 5.67. The van der Waals surface area contributed by atoms with E-state index in [0.717, 1.165) is 13.1 Å². The molecule has 16 heavy (non-hydrogen) atoms. The van der Waals surface area contributed by atoms with E-state index in [1.807, 2.05) is 0 Å². The Morgan fingerprint density at radius 3 is 2.19 bits per heavy atom. The second-order valence-electron chi connectivity index (χ2n) is 5.31. The van der Waals surface area contributed by atoms with Crippen molar-refractivity contribution in [3.05, 3.63) is 0 Å². The third-order valence-corrected chi connectivity index (χ3v) is 4.19. The van der Waals surface area contributed by atoms with Crippen LogP contribution in [0.15, 0.2) is 0 Å². The standard InChI is InChI=1S/C13H23NO2/c15-13(16)10-12(11-6-5-7-11)14-8-3-1-2-4-9-14/h11-12H,1-10H2,(H,15,16). The van der Waals surface area contributed by atoms with E-state index in [9.17, 15) is 4.79 Å². The van der Waals surface area contributed by atoms with Crippen molar-refractivity contribution in [3.63, 3.8) is 0 Å². The van der Waals surface area contributed by atoms with Crippen LogP contribution in [-0.4, -0.2) is 35.1 Å². The molecule has 0 aromatic carbocycles. The zero-order valence-electron chi connectivity index (χ0n) is 10.0. The highest BCUT2D eigenvalue weighted by Gasteiger charge is 2.33. The maximum atomic E-state index is 11.0. The van der Waals surface area contributed by atoms with Crippen LogP contribution in [0.25, 0.3) is 0 Å². The molecule has 1 aliphatic carbocycles. The smallest absolute Gasteiger partial charge is 0.304 e. The van der Waals surface area contributed by atoms with Gasteiger partial charge >= 0.3 is 5.97 Å². The van der Waals surface area contributed by atoms with Gasteiger partial charge in [-0.1, -0.05) is 19.3 Å². The molecule has 0 bridgehead atoms. The van der Waals surface area contributed by atoms with Gasteiger partial charge in [-0.2, -0.15) is 0 Å². The number of rotatable bonds is 4. The zero-order valence-corrected chi connectivity index (χ0v) is 10.0. The Labute approximate surface area is 97.8 Å². The van der Waals surface area contributed by atoms with E-state index < -0.39 is 5.97 Å². The summed E-state index contributed by atoms with van der Waals surface area (Å²) in [7, 11) is 0. The van der Waals surface area contributed by atoms with E-state index >= 15 is 0 Å². The van der Waals surface area contributed by atoms with Crippen molar-refractivity contribution in [2.45, 2.75) is 57.4 Å². The Morgan fingerprint density at radius 2 is 1.75 bits per heavy atom. The molecule has 1 aliphatic heterocycles. The molecule has 1 atom stereocenters. The van der Waals surface area contributed by atoms with Gasteiger partial charge in [-0.25, -0.2) is 0 Å². The summed E-state index contributed by atoms with van der Waals surface area (Å²) in [5.41, 5.74) is 0. The third kappa shape index (κ3) is 2.97. The van der Waals surface area contributed by atoms with E-state index in [2.05, 4.69) is 4.90 Å². The van der Waals surface area contributed by atoms with Gasteiger partial charge in [0.1, 0.15) is 0 Å². The molecule has 0 amide bonds. The molecule has 2 rings (SSSR count). The minimum atomic E-state index is -0.624. The second-order valence-corrected chi connectivity index (χ2v) is 5.31. The predicted molar refractivity (Wildman–Crippen MR) is 63.4 cm³/mol. The Balaban J connectivity index is 1.94. The first-order chi connectivity index (χ1) is 7.77. The van der Waals surface area contributed by atoms with Gasteiger partial charge < -0.3 is 5.11 Å². The molecular formula is C13H23NO2. The van der Waals surface area contributed by atoms with Crippen molar-refractivity contribution in [2.75, 3.05) is 13.1 Å². The maximum Gasteiger partial charge on any atom is 0.304 e. The van der Waals surface area contributed by atoms with Crippen LogP contribution in [0, 0.1) is 5.92 Å². The van der Waals surface area contributed by atoms with Gasteiger partial charge in [0.15, 0.2) is 0 Å². The summed E-state index contributed by atoms with van der Waals surface area (Å²) in [6, 6.07) is 0.323. The summed E-state index contributed by atoms with van der Waals surface area (Å²) in [6.07, 6.45) is 9.29. The van der Waals surface area contributed by atoms with Gasteiger partial charge in [0, 0.05) is 6.04 Å². The highest BCUT2D eigenvalue weighted by Crippen LogP contribution is 2.34.